The summed E-state index contributed by atoms with van der Waals surface area (Å²) in [5.74, 6) is 1.34. The molecule has 106 valence electrons. The van der Waals surface area contributed by atoms with Gasteiger partial charge >= 0.3 is 0 Å². The second-order valence-electron chi connectivity index (χ2n) is 6.47. The molecule has 0 unspecified atom stereocenters. The number of aromatic nitrogens is 1. The maximum absolute atomic E-state index is 12.6. The molecule has 1 spiro atoms. The highest BCUT2D eigenvalue weighted by molar-refractivity contribution is 6.06. The van der Waals surface area contributed by atoms with Gasteiger partial charge < -0.3 is 5.32 Å². The molecule has 1 amide bonds. The second-order valence-corrected chi connectivity index (χ2v) is 6.47. The molecule has 2 aromatic rings. The third-order valence-corrected chi connectivity index (χ3v) is 4.87. The van der Waals surface area contributed by atoms with Crippen molar-refractivity contribution in [2.24, 2.45) is 0 Å². The van der Waals surface area contributed by atoms with E-state index in [2.05, 4.69) is 42.3 Å². The summed E-state index contributed by atoms with van der Waals surface area (Å²) in [6.45, 7) is 4.40. The molecule has 0 saturated heterocycles. The van der Waals surface area contributed by atoms with E-state index >= 15 is 0 Å². The molecule has 1 aliphatic heterocycles. The van der Waals surface area contributed by atoms with Crippen molar-refractivity contribution in [3.05, 3.63) is 58.8 Å². The number of nitrogens with one attached hydrogen (secondary N) is 1. The number of carbonyl (C=O) groups excluding carboxylic acids is 1. The maximum Gasteiger partial charge on any atom is 0.237 e. The molecule has 4 rings (SSSR count). The molecule has 21 heavy (non-hydrogen) atoms. The number of nitrogens with zero attached hydrogens (tertiary/aromatic N) is 1. The van der Waals surface area contributed by atoms with Crippen LogP contribution >= 0.6 is 0 Å². The molecule has 0 bridgehead atoms. The number of amides is 1. The number of hydrogen-bond donors (Lipinski definition) is 1. The number of carbonyl (C=O) groups is 1. The summed E-state index contributed by atoms with van der Waals surface area (Å²) < 4.78 is 0. The monoisotopic (exact) mass is 278 g/mol. The van der Waals surface area contributed by atoms with Gasteiger partial charge in [0.25, 0.3) is 0 Å². The molecule has 1 aromatic heterocycles. The van der Waals surface area contributed by atoms with Crippen LogP contribution in [-0.4, -0.2) is 10.9 Å². The molecule has 2 aliphatic rings. The van der Waals surface area contributed by atoms with Crippen molar-refractivity contribution in [1.29, 1.82) is 0 Å². The van der Waals surface area contributed by atoms with Crippen molar-refractivity contribution < 1.29 is 4.79 Å². The van der Waals surface area contributed by atoms with Crippen LogP contribution in [0.5, 0.6) is 0 Å². The third kappa shape index (κ3) is 1.67. The van der Waals surface area contributed by atoms with Crippen LogP contribution in [0.2, 0.25) is 0 Å². The van der Waals surface area contributed by atoms with Crippen molar-refractivity contribution in [2.75, 3.05) is 5.32 Å². The van der Waals surface area contributed by atoms with E-state index in [1.165, 1.54) is 16.7 Å². The van der Waals surface area contributed by atoms with Gasteiger partial charge in [0, 0.05) is 11.8 Å². The molecule has 0 fully saturated rings. The summed E-state index contributed by atoms with van der Waals surface area (Å²) in [5, 5.41) is 2.95. The molecule has 1 N–H and O–H groups in total. The SMILES string of the molecule is CC(C)c1ccc2c(c1)C[C@@]1(C2)C(=O)Nc2ncccc21. The number of pyridine rings is 1. The van der Waals surface area contributed by atoms with Crippen LogP contribution in [0.25, 0.3) is 0 Å². The Morgan fingerprint density at radius 1 is 1.19 bits per heavy atom. The van der Waals surface area contributed by atoms with E-state index in [9.17, 15) is 4.79 Å². The lowest BCUT2D eigenvalue weighted by molar-refractivity contribution is -0.120. The minimum Gasteiger partial charge on any atom is -0.310 e. The van der Waals surface area contributed by atoms with Crippen molar-refractivity contribution in [1.82, 2.24) is 4.98 Å². The van der Waals surface area contributed by atoms with E-state index in [-0.39, 0.29) is 5.91 Å². The molecule has 0 saturated carbocycles. The Kier molecular flexibility index (Phi) is 2.49. The first kappa shape index (κ1) is 12.6. The first-order valence-electron chi connectivity index (χ1n) is 7.49. The number of anilines is 1. The van der Waals surface area contributed by atoms with Gasteiger partial charge in [0.1, 0.15) is 5.82 Å². The highest BCUT2D eigenvalue weighted by atomic mass is 16.2. The number of benzene rings is 1. The summed E-state index contributed by atoms with van der Waals surface area (Å²) in [5.41, 5.74) is 4.56. The molecule has 3 heteroatoms. The number of fused-ring (bicyclic) bond motifs is 3. The van der Waals surface area contributed by atoms with Gasteiger partial charge in [0.2, 0.25) is 5.91 Å². The number of hydrogen-bond acceptors (Lipinski definition) is 2. The van der Waals surface area contributed by atoms with E-state index in [0.717, 1.165) is 24.2 Å². The van der Waals surface area contributed by atoms with Gasteiger partial charge in [-0.3, -0.25) is 4.79 Å². The van der Waals surface area contributed by atoms with Gasteiger partial charge in [-0.25, -0.2) is 4.98 Å². The fraction of sp³-hybridized carbons (Fsp3) is 0.333. The van der Waals surface area contributed by atoms with Gasteiger partial charge in [-0.2, -0.15) is 0 Å². The summed E-state index contributed by atoms with van der Waals surface area (Å²) in [6, 6.07) is 10.6. The Morgan fingerprint density at radius 2 is 2.00 bits per heavy atom. The third-order valence-electron chi connectivity index (χ3n) is 4.87. The molecular weight excluding hydrogens is 260 g/mol. The van der Waals surface area contributed by atoms with Crippen molar-refractivity contribution in [3.63, 3.8) is 0 Å². The van der Waals surface area contributed by atoms with Gasteiger partial charge in [0.05, 0.1) is 5.41 Å². The minimum atomic E-state index is -0.443. The molecule has 2 heterocycles. The molecule has 1 aliphatic carbocycles. The average molecular weight is 278 g/mol. The first-order valence-corrected chi connectivity index (χ1v) is 7.49. The Balaban J connectivity index is 1.81. The van der Waals surface area contributed by atoms with Crippen molar-refractivity contribution in [2.45, 2.75) is 38.0 Å². The molecule has 3 nitrogen and oxygen atoms in total. The van der Waals surface area contributed by atoms with Gasteiger partial charge in [-0.05, 0) is 41.5 Å². The lowest BCUT2D eigenvalue weighted by Gasteiger charge is -2.20. The Bertz CT molecular complexity index is 751. The topological polar surface area (TPSA) is 42.0 Å². The highest BCUT2D eigenvalue weighted by Crippen LogP contribution is 2.46. The fourth-order valence-corrected chi connectivity index (χ4v) is 3.65. The summed E-state index contributed by atoms with van der Waals surface area (Å²) in [6.07, 6.45) is 3.30. The lowest BCUT2D eigenvalue weighted by atomic mass is 9.79. The average Bonchev–Trinajstić information content (AvgIpc) is 2.98. The van der Waals surface area contributed by atoms with Crippen LogP contribution in [0.15, 0.2) is 36.5 Å². The Morgan fingerprint density at radius 3 is 2.81 bits per heavy atom. The summed E-state index contributed by atoms with van der Waals surface area (Å²) in [4.78, 5) is 16.9. The van der Waals surface area contributed by atoms with Crippen molar-refractivity contribution >= 4 is 11.7 Å². The summed E-state index contributed by atoms with van der Waals surface area (Å²) >= 11 is 0. The quantitative estimate of drug-likeness (QED) is 0.870. The van der Waals surface area contributed by atoms with E-state index in [4.69, 9.17) is 0 Å². The van der Waals surface area contributed by atoms with Gasteiger partial charge in [0.15, 0.2) is 0 Å². The fourth-order valence-electron chi connectivity index (χ4n) is 3.65. The van der Waals surface area contributed by atoms with E-state index in [1.807, 2.05) is 12.1 Å². The summed E-state index contributed by atoms with van der Waals surface area (Å²) in [7, 11) is 0. The standard InChI is InChI=1S/C18H18N2O/c1-11(2)12-5-6-13-9-18(10-14(13)8-12)15-4-3-7-19-16(15)20-17(18)21/h3-8,11H,9-10H2,1-2H3,(H,19,20,21)/t18-/m1/s1. The van der Waals surface area contributed by atoms with Crippen LogP contribution in [0.1, 0.15) is 42.0 Å². The van der Waals surface area contributed by atoms with Crippen LogP contribution in [0.4, 0.5) is 5.82 Å². The highest BCUT2D eigenvalue weighted by Gasteiger charge is 2.50. The molecule has 1 atom stereocenters. The van der Waals surface area contributed by atoms with Crippen LogP contribution in [-0.2, 0) is 23.1 Å². The van der Waals surface area contributed by atoms with E-state index in [0.29, 0.717) is 5.92 Å². The van der Waals surface area contributed by atoms with E-state index < -0.39 is 5.41 Å². The molecule has 1 aromatic carbocycles. The van der Waals surface area contributed by atoms with Crippen molar-refractivity contribution in [3.8, 4) is 0 Å². The minimum absolute atomic E-state index is 0.0958. The Labute approximate surface area is 124 Å². The largest absolute Gasteiger partial charge is 0.310 e. The smallest absolute Gasteiger partial charge is 0.237 e. The maximum atomic E-state index is 12.6. The second kappa shape index (κ2) is 4.17. The Hall–Kier alpha value is -2.16. The zero-order valence-corrected chi connectivity index (χ0v) is 12.3. The lowest BCUT2D eigenvalue weighted by Crippen LogP contribution is -2.35. The van der Waals surface area contributed by atoms with E-state index in [1.54, 1.807) is 6.20 Å². The number of rotatable bonds is 1. The van der Waals surface area contributed by atoms with Gasteiger partial charge in [-0.15, -0.1) is 0 Å². The van der Waals surface area contributed by atoms with Gasteiger partial charge in [-0.1, -0.05) is 38.1 Å². The molecule has 0 radical (unpaired) electrons. The zero-order valence-electron chi connectivity index (χ0n) is 12.3. The predicted octanol–water partition coefficient (Wildman–Crippen LogP) is 3.19. The first-order chi connectivity index (χ1) is 10.1. The normalized spacial score (nSPS) is 22.5. The van der Waals surface area contributed by atoms with Crippen LogP contribution < -0.4 is 5.32 Å². The zero-order chi connectivity index (χ0) is 14.6. The van der Waals surface area contributed by atoms with Crippen LogP contribution in [0, 0.1) is 0 Å². The van der Waals surface area contributed by atoms with Crippen LogP contribution in [0.3, 0.4) is 0 Å². The predicted molar refractivity (Wildman–Crippen MR) is 82.5 cm³/mol. The molecular formula is C18H18N2O.